The maximum absolute atomic E-state index is 14.1. The quantitative estimate of drug-likeness (QED) is 0.783. The van der Waals surface area contributed by atoms with E-state index in [0.29, 0.717) is 11.3 Å². The fraction of sp³-hybridized carbons (Fsp3) is 0.118. The number of aromatic nitrogens is 1. The summed E-state index contributed by atoms with van der Waals surface area (Å²) in [5.74, 6) is 0.260. The number of para-hydroxylation sites is 1. The highest BCUT2D eigenvalue weighted by atomic mass is 19.1. The van der Waals surface area contributed by atoms with Gasteiger partial charge in [0.05, 0.1) is 0 Å². The highest BCUT2D eigenvalue weighted by Gasteiger charge is 2.10. The van der Waals surface area contributed by atoms with Gasteiger partial charge in [-0.25, -0.2) is 4.39 Å². The summed E-state index contributed by atoms with van der Waals surface area (Å²) in [7, 11) is 0. The molecule has 0 unspecified atom stereocenters. The van der Waals surface area contributed by atoms with Crippen molar-refractivity contribution in [3.63, 3.8) is 0 Å². The predicted molar refractivity (Wildman–Crippen MR) is 80.8 cm³/mol. The Balaban J connectivity index is 1.99. The van der Waals surface area contributed by atoms with Gasteiger partial charge in [0.1, 0.15) is 5.52 Å². The van der Waals surface area contributed by atoms with Crippen LogP contribution >= 0.6 is 0 Å². The number of nitrogens with zero attached hydrogens (tertiary/aromatic N) is 1. The van der Waals surface area contributed by atoms with Crippen molar-refractivity contribution >= 4 is 10.9 Å². The summed E-state index contributed by atoms with van der Waals surface area (Å²) in [5.41, 5.74) is 7.18. The Bertz CT molecular complexity index is 781. The van der Waals surface area contributed by atoms with Crippen molar-refractivity contribution in [3.8, 4) is 11.5 Å². The van der Waals surface area contributed by atoms with Crippen LogP contribution in [0.4, 0.5) is 4.39 Å². The third kappa shape index (κ3) is 2.71. The minimum atomic E-state index is -0.433. The minimum Gasteiger partial charge on any atom is -0.452 e. The summed E-state index contributed by atoms with van der Waals surface area (Å²) in [6.07, 6.45) is 1.69. The van der Waals surface area contributed by atoms with Crippen molar-refractivity contribution in [2.45, 2.75) is 13.0 Å². The second-order valence-electron chi connectivity index (χ2n) is 4.91. The van der Waals surface area contributed by atoms with Gasteiger partial charge >= 0.3 is 0 Å². The summed E-state index contributed by atoms with van der Waals surface area (Å²) < 4.78 is 19.8. The lowest BCUT2D eigenvalue weighted by atomic mass is 10.1. The van der Waals surface area contributed by atoms with Crippen LogP contribution in [0.25, 0.3) is 10.9 Å². The summed E-state index contributed by atoms with van der Waals surface area (Å²) in [4.78, 5) is 4.29. The Labute approximate surface area is 122 Å². The maximum Gasteiger partial charge on any atom is 0.166 e. The van der Waals surface area contributed by atoms with E-state index in [1.54, 1.807) is 24.4 Å². The van der Waals surface area contributed by atoms with E-state index >= 15 is 0 Å². The molecule has 0 radical (unpaired) electrons. The van der Waals surface area contributed by atoms with Gasteiger partial charge < -0.3 is 10.5 Å². The number of hydrogen-bond acceptors (Lipinski definition) is 3. The summed E-state index contributed by atoms with van der Waals surface area (Å²) in [5, 5.41) is 0.947. The smallest absolute Gasteiger partial charge is 0.166 e. The zero-order valence-corrected chi connectivity index (χ0v) is 11.6. The first-order valence-corrected chi connectivity index (χ1v) is 6.72. The number of ether oxygens (including phenoxy) is 1. The fourth-order valence-corrected chi connectivity index (χ4v) is 2.16. The van der Waals surface area contributed by atoms with Crippen LogP contribution in [0, 0.1) is 5.82 Å². The van der Waals surface area contributed by atoms with E-state index in [1.165, 1.54) is 6.07 Å². The van der Waals surface area contributed by atoms with Crippen LogP contribution in [-0.4, -0.2) is 4.98 Å². The number of halogens is 1. The van der Waals surface area contributed by atoms with E-state index in [4.69, 9.17) is 10.5 Å². The Morgan fingerprint density at radius 1 is 1.10 bits per heavy atom. The third-order valence-corrected chi connectivity index (χ3v) is 3.30. The molecule has 1 atom stereocenters. The summed E-state index contributed by atoms with van der Waals surface area (Å²) in [6.45, 7) is 1.81. The van der Waals surface area contributed by atoms with Crippen LogP contribution in [0.3, 0.4) is 0 Å². The van der Waals surface area contributed by atoms with Crippen LogP contribution in [0.15, 0.2) is 54.7 Å². The second kappa shape index (κ2) is 5.50. The molecule has 0 saturated carbocycles. The zero-order chi connectivity index (χ0) is 14.8. The first-order valence-electron chi connectivity index (χ1n) is 6.72. The van der Waals surface area contributed by atoms with Gasteiger partial charge in [0.15, 0.2) is 17.3 Å². The number of nitrogens with two attached hydrogens (primary N) is 1. The molecule has 2 N–H and O–H groups in total. The molecular formula is C17H15FN2O. The molecule has 0 amide bonds. The molecule has 0 aliphatic heterocycles. The largest absolute Gasteiger partial charge is 0.452 e. The van der Waals surface area contributed by atoms with Gasteiger partial charge in [0, 0.05) is 17.6 Å². The molecule has 0 aliphatic carbocycles. The SMILES string of the molecule is C[C@@H](N)c1ccc(Oc2cccc3cccnc23)c(F)c1. The zero-order valence-electron chi connectivity index (χ0n) is 11.6. The van der Waals surface area contributed by atoms with Crippen molar-refractivity contribution in [2.75, 3.05) is 0 Å². The molecule has 106 valence electrons. The van der Waals surface area contributed by atoms with Crippen molar-refractivity contribution in [1.29, 1.82) is 0 Å². The van der Waals surface area contributed by atoms with Gasteiger partial charge in [-0.15, -0.1) is 0 Å². The molecule has 0 spiro atoms. The lowest BCUT2D eigenvalue weighted by molar-refractivity contribution is 0.444. The molecule has 0 fully saturated rings. The average Bonchev–Trinajstić information content (AvgIpc) is 2.49. The molecule has 3 rings (SSSR count). The molecule has 3 aromatic rings. The van der Waals surface area contributed by atoms with E-state index in [2.05, 4.69) is 4.98 Å². The van der Waals surface area contributed by atoms with Gasteiger partial charge in [-0.05, 0) is 36.8 Å². The summed E-state index contributed by atoms with van der Waals surface area (Å²) in [6, 6.07) is 13.9. The van der Waals surface area contributed by atoms with E-state index in [9.17, 15) is 4.39 Å². The van der Waals surface area contributed by atoms with Crippen molar-refractivity contribution < 1.29 is 9.13 Å². The van der Waals surface area contributed by atoms with Gasteiger partial charge in [0.25, 0.3) is 0 Å². The lowest BCUT2D eigenvalue weighted by Gasteiger charge is -2.11. The predicted octanol–water partition coefficient (Wildman–Crippen LogP) is 4.19. The van der Waals surface area contributed by atoms with Crippen LogP contribution in [0.1, 0.15) is 18.5 Å². The van der Waals surface area contributed by atoms with Crippen LogP contribution < -0.4 is 10.5 Å². The van der Waals surface area contributed by atoms with Gasteiger partial charge in [-0.3, -0.25) is 4.98 Å². The van der Waals surface area contributed by atoms with E-state index < -0.39 is 5.82 Å². The Morgan fingerprint density at radius 2 is 1.90 bits per heavy atom. The number of pyridine rings is 1. The lowest BCUT2D eigenvalue weighted by Crippen LogP contribution is -2.05. The van der Waals surface area contributed by atoms with Crippen molar-refractivity contribution in [2.24, 2.45) is 5.73 Å². The molecule has 1 aromatic heterocycles. The van der Waals surface area contributed by atoms with Crippen LogP contribution in [0.5, 0.6) is 11.5 Å². The third-order valence-electron chi connectivity index (χ3n) is 3.30. The Hall–Kier alpha value is -2.46. The summed E-state index contributed by atoms with van der Waals surface area (Å²) >= 11 is 0. The molecule has 0 saturated heterocycles. The minimum absolute atomic E-state index is 0.164. The highest BCUT2D eigenvalue weighted by molar-refractivity contribution is 5.84. The van der Waals surface area contributed by atoms with Crippen LogP contribution in [-0.2, 0) is 0 Å². The van der Waals surface area contributed by atoms with Crippen LogP contribution in [0.2, 0.25) is 0 Å². The number of hydrogen-bond donors (Lipinski definition) is 1. The van der Waals surface area contributed by atoms with Gasteiger partial charge in [0.2, 0.25) is 0 Å². The normalized spacial score (nSPS) is 12.3. The molecular weight excluding hydrogens is 267 g/mol. The molecule has 0 aliphatic rings. The van der Waals surface area contributed by atoms with Gasteiger partial charge in [-0.1, -0.05) is 24.3 Å². The van der Waals surface area contributed by atoms with E-state index in [-0.39, 0.29) is 11.8 Å². The van der Waals surface area contributed by atoms with Gasteiger partial charge in [-0.2, -0.15) is 0 Å². The molecule has 3 nitrogen and oxygen atoms in total. The molecule has 1 heterocycles. The van der Waals surface area contributed by atoms with E-state index in [1.807, 2.05) is 31.2 Å². The maximum atomic E-state index is 14.1. The van der Waals surface area contributed by atoms with Crippen molar-refractivity contribution in [3.05, 3.63) is 66.1 Å². The Morgan fingerprint density at radius 3 is 2.67 bits per heavy atom. The first-order chi connectivity index (χ1) is 10.1. The highest BCUT2D eigenvalue weighted by Crippen LogP contribution is 2.30. The molecule has 21 heavy (non-hydrogen) atoms. The average molecular weight is 282 g/mol. The number of benzene rings is 2. The fourth-order valence-electron chi connectivity index (χ4n) is 2.16. The standard InChI is InChI=1S/C17H15FN2O/c1-11(19)13-7-8-15(14(18)10-13)21-16-6-2-4-12-5-3-9-20-17(12)16/h2-11H,19H2,1H3/t11-/m1/s1. The molecule has 4 heteroatoms. The molecule has 0 bridgehead atoms. The first kappa shape index (κ1) is 13.5. The monoisotopic (exact) mass is 282 g/mol. The topological polar surface area (TPSA) is 48.1 Å². The van der Waals surface area contributed by atoms with Crippen molar-refractivity contribution in [1.82, 2.24) is 4.98 Å². The second-order valence-corrected chi connectivity index (χ2v) is 4.91. The van der Waals surface area contributed by atoms with E-state index in [0.717, 1.165) is 10.9 Å². The Kier molecular flexibility index (Phi) is 3.54. The molecule has 2 aromatic carbocycles. The number of rotatable bonds is 3. The number of fused-ring (bicyclic) bond motifs is 1.